The second-order valence-corrected chi connectivity index (χ2v) is 4.01. The van der Waals surface area contributed by atoms with E-state index in [0.29, 0.717) is 17.7 Å². The number of ketones is 1. The zero-order valence-corrected chi connectivity index (χ0v) is 9.17. The number of nitrogens with zero attached hydrogens (tertiary/aromatic N) is 1. The van der Waals surface area contributed by atoms with E-state index in [0.717, 1.165) is 5.56 Å². The van der Waals surface area contributed by atoms with Gasteiger partial charge in [-0.1, -0.05) is 12.1 Å². The topological polar surface area (TPSA) is 39.2 Å². The van der Waals surface area contributed by atoms with Crippen LogP contribution in [-0.2, 0) is 0 Å². The third kappa shape index (κ3) is 1.80. The Morgan fingerprint density at radius 1 is 1.12 bits per heavy atom. The number of para-hydroxylation sites is 1. The van der Waals surface area contributed by atoms with Crippen molar-refractivity contribution in [1.29, 1.82) is 0 Å². The summed E-state index contributed by atoms with van der Waals surface area (Å²) in [6.45, 7) is 0. The quantitative estimate of drug-likeness (QED) is 0.749. The van der Waals surface area contributed by atoms with Crippen LogP contribution in [0.5, 0.6) is 5.75 Å². The van der Waals surface area contributed by atoms with Gasteiger partial charge in [0.25, 0.3) is 0 Å². The fourth-order valence-corrected chi connectivity index (χ4v) is 2.04. The molecule has 1 aromatic carbocycles. The van der Waals surface area contributed by atoms with Crippen molar-refractivity contribution in [1.82, 2.24) is 4.98 Å². The predicted molar refractivity (Wildman–Crippen MR) is 63.0 cm³/mol. The third-order valence-electron chi connectivity index (χ3n) is 2.91. The molecule has 84 valence electrons. The highest BCUT2D eigenvalue weighted by Crippen LogP contribution is 2.34. The van der Waals surface area contributed by atoms with Crippen molar-refractivity contribution >= 4 is 5.78 Å². The summed E-state index contributed by atoms with van der Waals surface area (Å²) in [5, 5.41) is 0. The van der Waals surface area contributed by atoms with Crippen LogP contribution in [0.1, 0.15) is 28.4 Å². The Balaban J connectivity index is 1.97. The predicted octanol–water partition coefficient (Wildman–Crippen LogP) is 2.79. The van der Waals surface area contributed by atoms with Crippen LogP contribution in [0.2, 0.25) is 0 Å². The lowest BCUT2D eigenvalue weighted by Gasteiger charge is -2.25. The molecule has 3 nitrogen and oxygen atoms in total. The van der Waals surface area contributed by atoms with E-state index in [1.54, 1.807) is 18.5 Å². The molecular formula is C14H11NO2. The molecule has 0 N–H and O–H groups in total. The molecule has 1 aromatic heterocycles. The fraction of sp³-hybridized carbons (Fsp3) is 0.143. The molecule has 3 rings (SSSR count). The van der Waals surface area contributed by atoms with Gasteiger partial charge in [-0.15, -0.1) is 0 Å². The van der Waals surface area contributed by atoms with Gasteiger partial charge in [0, 0.05) is 12.4 Å². The monoisotopic (exact) mass is 225 g/mol. The summed E-state index contributed by atoms with van der Waals surface area (Å²) in [6, 6.07) is 11.1. The lowest BCUT2D eigenvalue weighted by Crippen LogP contribution is -2.20. The number of carbonyl (C=O) groups excluding carboxylic acids is 1. The molecule has 1 atom stereocenters. The van der Waals surface area contributed by atoms with Crippen molar-refractivity contribution in [3.8, 4) is 5.75 Å². The summed E-state index contributed by atoms with van der Waals surface area (Å²) >= 11 is 0. The molecule has 2 aromatic rings. The van der Waals surface area contributed by atoms with Crippen LogP contribution in [-0.4, -0.2) is 10.8 Å². The maximum atomic E-state index is 12.0. The van der Waals surface area contributed by atoms with Crippen molar-refractivity contribution in [3.63, 3.8) is 0 Å². The van der Waals surface area contributed by atoms with Crippen LogP contribution in [0.15, 0.2) is 48.8 Å². The number of ether oxygens (including phenoxy) is 1. The molecule has 3 heteroatoms. The van der Waals surface area contributed by atoms with Crippen LogP contribution >= 0.6 is 0 Å². The van der Waals surface area contributed by atoms with E-state index in [4.69, 9.17) is 4.74 Å². The minimum absolute atomic E-state index is 0.133. The number of aromatic nitrogens is 1. The second-order valence-electron chi connectivity index (χ2n) is 4.01. The van der Waals surface area contributed by atoms with Gasteiger partial charge >= 0.3 is 0 Å². The molecule has 0 bridgehead atoms. The van der Waals surface area contributed by atoms with Gasteiger partial charge in [-0.25, -0.2) is 0 Å². The van der Waals surface area contributed by atoms with E-state index in [1.165, 1.54) is 0 Å². The van der Waals surface area contributed by atoms with Crippen LogP contribution in [0.3, 0.4) is 0 Å². The highest BCUT2D eigenvalue weighted by molar-refractivity contribution is 5.99. The summed E-state index contributed by atoms with van der Waals surface area (Å²) in [7, 11) is 0. The minimum atomic E-state index is -0.194. The molecule has 17 heavy (non-hydrogen) atoms. The average molecular weight is 225 g/mol. The highest BCUT2D eigenvalue weighted by atomic mass is 16.5. The summed E-state index contributed by atoms with van der Waals surface area (Å²) < 4.78 is 5.84. The molecule has 0 aliphatic carbocycles. The molecule has 0 saturated heterocycles. The molecule has 1 aliphatic rings. The van der Waals surface area contributed by atoms with Gasteiger partial charge in [0.15, 0.2) is 5.78 Å². The van der Waals surface area contributed by atoms with Crippen LogP contribution < -0.4 is 4.74 Å². The van der Waals surface area contributed by atoms with E-state index < -0.39 is 0 Å². The number of hydrogen-bond donors (Lipinski definition) is 0. The number of hydrogen-bond acceptors (Lipinski definition) is 3. The Morgan fingerprint density at radius 2 is 1.88 bits per heavy atom. The highest BCUT2D eigenvalue weighted by Gasteiger charge is 2.26. The van der Waals surface area contributed by atoms with Crippen molar-refractivity contribution in [2.45, 2.75) is 12.5 Å². The minimum Gasteiger partial charge on any atom is -0.484 e. The summed E-state index contributed by atoms with van der Waals surface area (Å²) in [5.41, 5.74) is 1.67. The maximum Gasteiger partial charge on any atom is 0.170 e. The number of fused-ring (bicyclic) bond motifs is 1. The summed E-state index contributed by atoms with van der Waals surface area (Å²) in [5.74, 6) is 0.805. The molecule has 1 unspecified atom stereocenters. The first-order valence-corrected chi connectivity index (χ1v) is 5.53. The molecule has 0 saturated carbocycles. The first-order valence-electron chi connectivity index (χ1n) is 5.53. The number of rotatable bonds is 1. The van der Waals surface area contributed by atoms with E-state index >= 15 is 0 Å². The van der Waals surface area contributed by atoms with Crippen molar-refractivity contribution in [3.05, 3.63) is 59.9 Å². The zero-order valence-electron chi connectivity index (χ0n) is 9.17. The van der Waals surface area contributed by atoms with Gasteiger partial charge in [0.2, 0.25) is 0 Å². The van der Waals surface area contributed by atoms with E-state index in [9.17, 15) is 4.79 Å². The molecule has 0 fully saturated rings. The molecular weight excluding hydrogens is 214 g/mol. The zero-order chi connectivity index (χ0) is 11.7. The lowest BCUT2D eigenvalue weighted by atomic mass is 9.97. The SMILES string of the molecule is O=C1CC(c2ccncc2)Oc2ccccc21. The van der Waals surface area contributed by atoms with Gasteiger partial charge < -0.3 is 4.74 Å². The molecule has 1 aliphatic heterocycles. The number of Topliss-reactive ketones (excluding diaryl/α,β-unsaturated/α-hetero) is 1. The average Bonchev–Trinajstić information content (AvgIpc) is 2.40. The number of benzene rings is 1. The first kappa shape index (κ1) is 10.0. The fourth-order valence-electron chi connectivity index (χ4n) is 2.04. The summed E-state index contributed by atoms with van der Waals surface area (Å²) in [4.78, 5) is 15.9. The number of carbonyl (C=O) groups is 1. The van der Waals surface area contributed by atoms with Gasteiger partial charge in [-0.05, 0) is 29.8 Å². The van der Waals surface area contributed by atoms with Crippen molar-refractivity contribution < 1.29 is 9.53 Å². The van der Waals surface area contributed by atoms with E-state index in [2.05, 4.69) is 4.98 Å². The lowest BCUT2D eigenvalue weighted by molar-refractivity contribution is 0.0850. The smallest absolute Gasteiger partial charge is 0.170 e. The van der Waals surface area contributed by atoms with Gasteiger partial charge in [0.05, 0.1) is 12.0 Å². The normalized spacial score (nSPS) is 18.4. The first-order chi connectivity index (χ1) is 8.34. The van der Waals surface area contributed by atoms with Crippen LogP contribution in [0.4, 0.5) is 0 Å². The maximum absolute atomic E-state index is 12.0. The van der Waals surface area contributed by atoms with Crippen LogP contribution in [0, 0.1) is 0 Å². The van der Waals surface area contributed by atoms with E-state index in [-0.39, 0.29) is 11.9 Å². The molecule has 0 radical (unpaired) electrons. The van der Waals surface area contributed by atoms with Crippen molar-refractivity contribution in [2.75, 3.05) is 0 Å². The number of pyridine rings is 1. The third-order valence-corrected chi connectivity index (χ3v) is 2.91. The van der Waals surface area contributed by atoms with E-state index in [1.807, 2.05) is 30.3 Å². The Morgan fingerprint density at radius 3 is 2.71 bits per heavy atom. The van der Waals surface area contributed by atoms with Gasteiger partial charge in [-0.2, -0.15) is 0 Å². The largest absolute Gasteiger partial charge is 0.484 e. The molecule has 0 amide bonds. The standard InChI is InChI=1S/C14H11NO2/c16-12-9-14(10-5-7-15-8-6-10)17-13-4-2-1-3-11(12)13/h1-8,14H,9H2. The van der Waals surface area contributed by atoms with Gasteiger partial charge in [-0.3, -0.25) is 9.78 Å². The second kappa shape index (κ2) is 4.01. The Hall–Kier alpha value is -2.16. The molecule has 0 spiro atoms. The Kier molecular flexibility index (Phi) is 2.37. The Labute approximate surface area is 99.1 Å². The van der Waals surface area contributed by atoms with Gasteiger partial charge in [0.1, 0.15) is 11.9 Å². The molecule has 2 heterocycles. The van der Waals surface area contributed by atoms with Crippen LogP contribution in [0.25, 0.3) is 0 Å². The van der Waals surface area contributed by atoms with Crippen molar-refractivity contribution in [2.24, 2.45) is 0 Å². The Bertz CT molecular complexity index is 551. The summed E-state index contributed by atoms with van der Waals surface area (Å²) in [6.07, 6.45) is 3.62.